The molecule has 1 N–H and O–H groups in total. The molecular formula is C9H19NO3. The van der Waals surface area contributed by atoms with E-state index in [1.807, 2.05) is 6.92 Å². The maximum Gasteiger partial charge on any atom is 0.256 e. The second kappa shape index (κ2) is 4.58. The summed E-state index contributed by atoms with van der Waals surface area (Å²) in [5.41, 5.74) is -1.44. The minimum Gasteiger partial charge on any atom is -0.378 e. The van der Waals surface area contributed by atoms with Crippen molar-refractivity contribution in [2.24, 2.45) is 0 Å². The summed E-state index contributed by atoms with van der Waals surface area (Å²) in [6.45, 7) is 5.46. The Kier molecular flexibility index (Phi) is 4.36. The maximum atomic E-state index is 11.5. The third-order valence-electron chi connectivity index (χ3n) is 2.05. The molecular weight excluding hydrogens is 170 g/mol. The van der Waals surface area contributed by atoms with Crippen LogP contribution in [0.4, 0.5) is 0 Å². The lowest BCUT2D eigenvalue weighted by atomic mass is 9.99. The first-order valence-corrected chi connectivity index (χ1v) is 4.39. The summed E-state index contributed by atoms with van der Waals surface area (Å²) in [4.78, 5) is 12.8. The first kappa shape index (κ1) is 12.4. The molecule has 0 rings (SSSR count). The van der Waals surface area contributed by atoms with Crippen LogP contribution in [-0.2, 0) is 9.53 Å². The highest BCUT2D eigenvalue weighted by Crippen LogP contribution is 2.15. The summed E-state index contributed by atoms with van der Waals surface area (Å²) in [6, 6.07) is 0. The average molecular weight is 189 g/mol. The minimum absolute atomic E-state index is 0.339. The van der Waals surface area contributed by atoms with Crippen molar-refractivity contribution in [2.75, 3.05) is 20.7 Å². The van der Waals surface area contributed by atoms with Gasteiger partial charge in [0.2, 0.25) is 0 Å². The van der Waals surface area contributed by atoms with Crippen LogP contribution in [0.15, 0.2) is 0 Å². The fourth-order valence-corrected chi connectivity index (χ4v) is 1.04. The second-order valence-electron chi connectivity index (χ2n) is 3.44. The van der Waals surface area contributed by atoms with Gasteiger partial charge in [0.15, 0.2) is 5.60 Å². The van der Waals surface area contributed by atoms with Gasteiger partial charge in [-0.3, -0.25) is 4.79 Å². The molecule has 0 spiro atoms. The van der Waals surface area contributed by atoms with Gasteiger partial charge in [-0.05, 0) is 20.8 Å². The van der Waals surface area contributed by atoms with Crippen LogP contribution in [0.3, 0.4) is 0 Å². The molecule has 1 amide bonds. The number of aliphatic hydroxyl groups is 1. The summed E-state index contributed by atoms with van der Waals surface area (Å²) in [5, 5.41) is 9.84. The molecule has 0 aliphatic heterocycles. The molecule has 0 aromatic heterocycles. The third kappa shape index (κ3) is 2.97. The van der Waals surface area contributed by atoms with Crippen LogP contribution in [0.2, 0.25) is 0 Å². The number of rotatable bonds is 4. The normalized spacial score (nSPS) is 17.7. The molecule has 0 heterocycles. The first-order chi connectivity index (χ1) is 5.84. The Bertz CT molecular complexity index is 178. The Morgan fingerprint density at radius 1 is 1.62 bits per heavy atom. The van der Waals surface area contributed by atoms with E-state index in [0.717, 1.165) is 0 Å². The van der Waals surface area contributed by atoms with Crippen LogP contribution in [-0.4, -0.2) is 48.3 Å². The number of likely N-dealkylation sites (N-methyl/N-ethyl adjacent to an activating group) is 1. The van der Waals surface area contributed by atoms with Crippen LogP contribution in [0.1, 0.15) is 20.8 Å². The predicted octanol–water partition coefficient (Wildman–Crippen LogP) is 0.251. The number of carbonyl (C=O) groups excluding carboxylic acids is 1. The summed E-state index contributed by atoms with van der Waals surface area (Å²) in [7, 11) is 3.21. The maximum absolute atomic E-state index is 11.5. The molecule has 13 heavy (non-hydrogen) atoms. The molecule has 0 saturated heterocycles. The molecule has 0 radical (unpaired) electrons. The lowest BCUT2D eigenvalue weighted by Crippen LogP contribution is -2.52. The highest BCUT2D eigenvalue weighted by Gasteiger charge is 2.38. The zero-order valence-corrected chi connectivity index (χ0v) is 9.00. The number of hydrogen-bond donors (Lipinski definition) is 1. The Morgan fingerprint density at radius 3 is 2.38 bits per heavy atom. The molecule has 2 atom stereocenters. The third-order valence-corrected chi connectivity index (χ3v) is 2.05. The largest absolute Gasteiger partial charge is 0.378 e. The second-order valence-corrected chi connectivity index (χ2v) is 3.44. The van der Waals surface area contributed by atoms with Gasteiger partial charge in [-0.25, -0.2) is 0 Å². The standard InChI is InChI=1S/C9H19NO3/c1-6-13-7(2)9(3,12)8(11)10(4)5/h7,12H,6H2,1-5H3/t7?,9-/m0/s1. The molecule has 0 aliphatic rings. The number of hydrogen-bond acceptors (Lipinski definition) is 3. The van der Waals surface area contributed by atoms with Gasteiger partial charge in [0, 0.05) is 20.7 Å². The van der Waals surface area contributed by atoms with E-state index in [1.54, 1.807) is 21.0 Å². The van der Waals surface area contributed by atoms with Crippen molar-refractivity contribution in [1.82, 2.24) is 4.90 Å². The predicted molar refractivity (Wildman–Crippen MR) is 50.4 cm³/mol. The van der Waals surface area contributed by atoms with Crippen molar-refractivity contribution in [1.29, 1.82) is 0 Å². The SMILES string of the molecule is CCOC(C)[C@](C)(O)C(=O)N(C)C. The zero-order chi connectivity index (χ0) is 10.6. The van der Waals surface area contributed by atoms with Crippen LogP contribution < -0.4 is 0 Å². The fourth-order valence-electron chi connectivity index (χ4n) is 1.04. The van der Waals surface area contributed by atoms with Crippen molar-refractivity contribution in [3.05, 3.63) is 0 Å². The highest BCUT2D eigenvalue weighted by atomic mass is 16.5. The van der Waals surface area contributed by atoms with Gasteiger partial charge >= 0.3 is 0 Å². The zero-order valence-electron chi connectivity index (χ0n) is 9.00. The summed E-state index contributed by atoms with van der Waals surface area (Å²) in [5.74, 6) is -0.339. The van der Waals surface area contributed by atoms with E-state index in [4.69, 9.17) is 4.74 Å². The molecule has 0 bridgehead atoms. The molecule has 1 unspecified atom stereocenters. The molecule has 0 fully saturated rings. The summed E-state index contributed by atoms with van der Waals surface area (Å²) >= 11 is 0. The van der Waals surface area contributed by atoms with Crippen molar-refractivity contribution >= 4 is 5.91 Å². The van der Waals surface area contributed by atoms with E-state index < -0.39 is 11.7 Å². The molecule has 0 aliphatic carbocycles. The van der Waals surface area contributed by atoms with Gasteiger partial charge in [0.25, 0.3) is 5.91 Å². The van der Waals surface area contributed by atoms with Gasteiger partial charge in [-0.2, -0.15) is 0 Å². The molecule has 4 nitrogen and oxygen atoms in total. The van der Waals surface area contributed by atoms with E-state index in [2.05, 4.69) is 0 Å². The summed E-state index contributed by atoms with van der Waals surface area (Å²) in [6.07, 6.45) is -0.493. The smallest absolute Gasteiger partial charge is 0.256 e. The van der Waals surface area contributed by atoms with Crippen molar-refractivity contribution < 1.29 is 14.6 Å². The Balaban J connectivity index is 4.45. The molecule has 78 valence electrons. The Hall–Kier alpha value is -0.610. The van der Waals surface area contributed by atoms with Crippen molar-refractivity contribution in [2.45, 2.75) is 32.5 Å². The Labute approximate surface area is 79.5 Å². The van der Waals surface area contributed by atoms with Gasteiger partial charge in [-0.15, -0.1) is 0 Å². The monoisotopic (exact) mass is 189 g/mol. The van der Waals surface area contributed by atoms with Crippen LogP contribution >= 0.6 is 0 Å². The molecule has 0 aromatic rings. The molecule has 0 aromatic carbocycles. The van der Waals surface area contributed by atoms with E-state index in [-0.39, 0.29) is 5.91 Å². The minimum atomic E-state index is -1.44. The lowest BCUT2D eigenvalue weighted by molar-refractivity contribution is -0.161. The fraction of sp³-hybridized carbons (Fsp3) is 0.889. The lowest BCUT2D eigenvalue weighted by Gasteiger charge is -2.30. The van der Waals surface area contributed by atoms with E-state index >= 15 is 0 Å². The Morgan fingerprint density at radius 2 is 2.08 bits per heavy atom. The number of ether oxygens (including phenoxy) is 1. The van der Waals surface area contributed by atoms with E-state index in [0.29, 0.717) is 6.61 Å². The summed E-state index contributed by atoms with van der Waals surface area (Å²) < 4.78 is 5.18. The number of carbonyl (C=O) groups is 1. The van der Waals surface area contributed by atoms with Gasteiger partial charge in [-0.1, -0.05) is 0 Å². The van der Waals surface area contributed by atoms with Crippen LogP contribution in [0, 0.1) is 0 Å². The quantitative estimate of drug-likeness (QED) is 0.689. The van der Waals surface area contributed by atoms with Crippen LogP contribution in [0.5, 0.6) is 0 Å². The number of nitrogens with zero attached hydrogens (tertiary/aromatic N) is 1. The molecule has 0 saturated carbocycles. The molecule has 4 heteroatoms. The van der Waals surface area contributed by atoms with Crippen molar-refractivity contribution in [3.63, 3.8) is 0 Å². The highest BCUT2D eigenvalue weighted by molar-refractivity contribution is 5.84. The van der Waals surface area contributed by atoms with Crippen molar-refractivity contribution in [3.8, 4) is 0 Å². The topological polar surface area (TPSA) is 49.8 Å². The van der Waals surface area contributed by atoms with Gasteiger partial charge < -0.3 is 14.7 Å². The number of amides is 1. The average Bonchev–Trinajstić information content (AvgIpc) is 2.03. The van der Waals surface area contributed by atoms with E-state index in [1.165, 1.54) is 11.8 Å². The first-order valence-electron chi connectivity index (χ1n) is 4.39. The van der Waals surface area contributed by atoms with Crippen LogP contribution in [0.25, 0.3) is 0 Å². The van der Waals surface area contributed by atoms with Gasteiger partial charge in [0.1, 0.15) is 0 Å². The van der Waals surface area contributed by atoms with E-state index in [9.17, 15) is 9.90 Å². The van der Waals surface area contributed by atoms with Gasteiger partial charge in [0.05, 0.1) is 6.10 Å².